The summed E-state index contributed by atoms with van der Waals surface area (Å²) in [5.41, 5.74) is 8.23. The Labute approximate surface area is 81.2 Å². The van der Waals surface area contributed by atoms with E-state index in [2.05, 4.69) is 4.98 Å². The number of nitrogen functional groups attached to an aromatic ring is 1. The molecule has 1 aromatic heterocycles. The average Bonchev–Trinajstić information content (AvgIpc) is 2.21. The molecule has 0 radical (unpaired) electrons. The molecule has 0 saturated heterocycles. The van der Waals surface area contributed by atoms with Crippen molar-refractivity contribution in [2.45, 2.75) is 0 Å². The fourth-order valence-electron chi connectivity index (χ4n) is 1.27. The maximum Gasteiger partial charge on any atom is 0.247 e. The first-order valence-electron chi connectivity index (χ1n) is 4.30. The smallest absolute Gasteiger partial charge is 0.247 e. The predicted octanol–water partition coefficient (Wildman–Crippen LogP) is 1.62. The van der Waals surface area contributed by atoms with Crippen LogP contribution in [0.15, 0.2) is 47.4 Å². The Bertz CT molecular complexity index is 465. The van der Waals surface area contributed by atoms with Crippen molar-refractivity contribution in [3.05, 3.63) is 52.9 Å². The summed E-state index contributed by atoms with van der Waals surface area (Å²) in [4.78, 5) is 13.5. The number of H-pyrrole nitrogens is 1. The van der Waals surface area contributed by atoms with Crippen LogP contribution in [0.1, 0.15) is 0 Å². The summed E-state index contributed by atoms with van der Waals surface area (Å²) < 4.78 is 0. The van der Waals surface area contributed by atoms with Crippen molar-refractivity contribution in [2.75, 3.05) is 5.73 Å². The maximum absolute atomic E-state index is 10.8. The molecule has 2 rings (SSSR count). The highest BCUT2D eigenvalue weighted by atomic mass is 16.1. The van der Waals surface area contributed by atoms with Crippen LogP contribution in [0.25, 0.3) is 11.1 Å². The van der Waals surface area contributed by atoms with E-state index >= 15 is 0 Å². The largest absolute Gasteiger partial charge is 0.399 e. The first kappa shape index (κ1) is 8.56. The van der Waals surface area contributed by atoms with Crippen molar-refractivity contribution in [3.63, 3.8) is 0 Å². The molecular formula is C11H10N2O. The molecule has 0 unspecified atom stereocenters. The molecule has 0 spiro atoms. The van der Waals surface area contributed by atoms with Gasteiger partial charge in [-0.3, -0.25) is 4.79 Å². The standard InChI is InChI=1S/C11H10N2O/c12-10-4-1-8(2-5-10)9-3-6-11(14)13-7-9/h1-7H,12H2,(H,13,14). The Balaban J connectivity index is 2.44. The second-order valence-corrected chi connectivity index (χ2v) is 3.06. The van der Waals surface area contributed by atoms with Crippen LogP contribution in [-0.2, 0) is 0 Å². The number of anilines is 1. The van der Waals surface area contributed by atoms with Gasteiger partial charge in [0.1, 0.15) is 0 Å². The van der Waals surface area contributed by atoms with E-state index in [-0.39, 0.29) is 5.56 Å². The SMILES string of the molecule is Nc1ccc(-c2ccc(=O)[nH]c2)cc1. The number of hydrogen-bond donors (Lipinski definition) is 2. The van der Waals surface area contributed by atoms with Gasteiger partial charge in [0, 0.05) is 18.0 Å². The summed E-state index contributed by atoms with van der Waals surface area (Å²) >= 11 is 0. The topological polar surface area (TPSA) is 58.9 Å². The van der Waals surface area contributed by atoms with Crippen LogP contribution < -0.4 is 11.3 Å². The highest BCUT2D eigenvalue weighted by molar-refractivity contribution is 5.64. The molecule has 3 heteroatoms. The third kappa shape index (κ3) is 1.66. The van der Waals surface area contributed by atoms with E-state index in [0.29, 0.717) is 0 Å². The minimum absolute atomic E-state index is 0.0933. The molecule has 0 aliphatic rings. The van der Waals surface area contributed by atoms with Crippen LogP contribution in [0.5, 0.6) is 0 Å². The molecule has 0 saturated carbocycles. The zero-order valence-corrected chi connectivity index (χ0v) is 7.53. The van der Waals surface area contributed by atoms with E-state index in [1.54, 1.807) is 12.3 Å². The van der Waals surface area contributed by atoms with Crippen molar-refractivity contribution in [3.8, 4) is 11.1 Å². The van der Waals surface area contributed by atoms with E-state index < -0.39 is 0 Å². The van der Waals surface area contributed by atoms with E-state index in [1.807, 2.05) is 24.3 Å². The van der Waals surface area contributed by atoms with Gasteiger partial charge < -0.3 is 10.7 Å². The number of nitrogens with two attached hydrogens (primary N) is 1. The van der Waals surface area contributed by atoms with Gasteiger partial charge in [0.25, 0.3) is 0 Å². The van der Waals surface area contributed by atoms with Gasteiger partial charge in [-0.25, -0.2) is 0 Å². The molecule has 14 heavy (non-hydrogen) atoms. The van der Waals surface area contributed by atoms with E-state index in [4.69, 9.17) is 5.73 Å². The molecule has 0 bridgehead atoms. The number of nitrogens with one attached hydrogen (secondary N) is 1. The fourth-order valence-corrected chi connectivity index (χ4v) is 1.27. The van der Waals surface area contributed by atoms with Crippen LogP contribution in [0.3, 0.4) is 0 Å². The summed E-state index contributed by atoms with van der Waals surface area (Å²) in [6.45, 7) is 0. The van der Waals surface area contributed by atoms with Crippen LogP contribution in [0.2, 0.25) is 0 Å². The Morgan fingerprint density at radius 3 is 2.14 bits per heavy atom. The van der Waals surface area contributed by atoms with Crippen LogP contribution in [0.4, 0.5) is 5.69 Å². The van der Waals surface area contributed by atoms with E-state index in [9.17, 15) is 4.79 Å². The molecule has 3 nitrogen and oxygen atoms in total. The summed E-state index contributed by atoms with van der Waals surface area (Å²) in [6.07, 6.45) is 1.69. The van der Waals surface area contributed by atoms with Crippen LogP contribution >= 0.6 is 0 Å². The molecule has 0 amide bonds. The highest BCUT2D eigenvalue weighted by Gasteiger charge is 1.95. The summed E-state index contributed by atoms with van der Waals surface area (Å²) in [7, 11) is 0. The van der Waals surface area contributed by atoms with Crippen molar-refractivity contribution in [2.24, 2.45) is 0 Å². The quantitative estimate of drug-likeness (QED) is 0.665. The Hall–Kier alpha value is -2.03. The minimum Gasteiger partial charge on any atom is -0.399 e. The molecule has 0 aliphatic heterocycles. The fraction of sp³-hybridized carbons (Fsp3) is 0. The number of benzene rings is 1. The average molecular weight is 186 g/mol. The molecule has 3 N–H and O–H groups in total. The monoisotopic (exact) mass is 186 g/mol. The summed E-state index contributed by atoms with van der Waals surface area (Å²) in [6, 6.07) is 10.8. The van der Waals surface area contributed by atoms with Gasteiger partial charge in [-0.15, -0.1) is 0 Å². The minimum atomic E-state index is -0.0933. The number of aromatic amines is 1. The van der Waals surface area contributed by atoms with Crippen molar-refractivity contribution in [1.82, 2.24) is 4.98 Å². The van der Waals surface area contributed by atoms with Gasteiger partial charge in [-0.1, -0.05) is 12.1 Å². The maximum atomic E-state index is 10.8. The van der Waals surface area contributed by atoms with Crippen molar-refractivity contribution < 1.29 is 0 Å². The Morgan fingerprint density at radius 2 is 1.57 bits per heavy atom. The zero-order chi connectivity index (χ0) is 9.97. The molecule has 1 aromatic carbocycles. The van der Waals surface area contributed by atoms with Gasteiger partial charge >= 0.3 is 0 Å². The summed E-state index contributed by atoms with van der Waals surface area (Å²) in [5.74, 6) is 0. The molecule has 0 fully saturated rings. The first-order valence-corrected chi connectivity index (χ1v) is 4.30. The van der Waals surface area contributed by atoms with E-state index in [0.717, 1.165) is 16.8 Å². The molecule has 2 aromatic rings. The third-order valence-electron chi connectivity index (χ3n) is 2.03. The summed E-state index contributed by atoms with van der Waals surface area (Å²) in [5, 5.41) is 0. The van der Waals surface area contributed by atoms with Crippen LogP contribution in [0, 0.1) is 0 Å². The normalized spacial score (nSPS) is 10.0. The molecule has 0 atom stereocenters. The lowest BCUT2D eigenvalue weighted by atomic mass is 10.1. The predicted molar refractivity (Wildman–Crippen MR) is 56.9 cm³/mol. The molecular weight excluding hydrogens is 176 g/mol. The van der Waals surface area contributed by atoms with Gasteiger partial charge in [-0.2, -0.15) is 0 Å². The van der Waals surface area contributed by atoms with Gasteiger partial charge in [-0.05, 0) is 29.3 Å². The zero-order valence-electron chi connectivity index (χ0n) is 7.53. The Kier molecular flexibility index (Phi) is 2.07. The van der Waals surface area contributed by atoms with Gasteiger partial charge in [0.2, 0.25) is 5.56 Å². The van der Waals surface area contributed by atoms with Crippen molar-refractivity contribution >= 4 is 5.69 Å². The first-order chi connectivity index (χ1) is 6.75. The third-order valence-corrected chi connectivity index (χ3v) is 2.03. The lowest BCUT2D eigenvalue weighted by molar-refractivity contribution is 1.24. The molecule has 70 valence electrons. The second-order valence-electron chi connectivity index (χ2n) is 3.06. The number of pyridine rings is 1. The Morgan fingerprint density at radius 1 is 0.929 bits per heavy atom. The van der Waals surface area contributed by atoms with Crippen molar-refractivity contribution in [1.29, 1.82) is 0 Å². The number of rotatable bonds is 1. The second kappa shape index (κ2) is 3.38. The number of hydrogen-bond acceptors (Lipinski definition) is 2. The van der Waals surface area contributed by atoms with Gasteiger partial charge in [0.05, 0.1) is 0 Å². The van der Waals surface area contributed by atoms with Crippen LogP contribution in [-0.4, -0.2) is 4.98 Å². The highest BCUT2D eigenvalue weighted by Crippen LogP contribution is 2.18. The number of aromatic nitrogens is 1. The van der Waals surface area contributed by atoms with Gasteiger partial charge in [0.15, 0.2) is 0 Å². The lowest BCUT2D eigenvalue weighted by Crippen LogP contribution is -2.01. The molecule has 0 aliphatic carbocycles. The van der Waals surface area contributed by atoms with E-state index in [1.165, 1.54) is 6.07 Å². The lowest BCUT2D eigenvalue weighted by Gasteiger charge is -2.00. The molecule has 1 heterocycles.